The Kier molecular flexibility index (Phi) is 3.72. The van der Waals surface area contributed by atoms with Crippen LogP contribution >= 0.6 is 23.1 Å². The molecule has 0 unspecified atom stereocenters. The smallest absolute Gasteiger partial charge is 0.128 e. The maximum atomic E-state index is 8.88. The topological polar surface area (TPSA) is 49.6 Å². The first-order chi connectivity index (χ1) is 9.29. The third-order valence-corrected chi connectivity index (χ3v) is 5.86. The highest BCUT2D eigenvalue weighted by molar-refractivity contribution is 7.99. The average Bonchev–Trinajstić information content (AvgIpc) is 2.83. The van der Waals surface area contributed by atoms with Crippen LogP contribution in [0.2, 0.25) is 0 Å². The molecule has 1 aliphatic rings. The van der Waals surface area contributed by atoms with Gasteiger partial charge in [0.2, 0.25) is 0 Å². The first kappa shape index (κ1) is 12.9. The molecule has 0 spiro atoms. The Balaban J connectivity index is 2.00. The predicted molar refractivity (Wildman–Crippen MR) is 79.6 cm³/mol. The van der Waals surface area contributed by atoms with E-state index in [0.29, 0.717) is 0 Å². The minimum absolute atomic E-state index is 0.0597. The van der Waals surface area contributed by atoms with Gasteiger partial charge in [-0.3, -0.25) is 0 Å². The Hall–Kier alpha value is -1.12. The van der Waals surface area contributed by atoms with Crippen LogP contribution in [0.15, 0.2) is 11.4 Å². The fourth-order valence-electron chi connectivity index (χ4n) is 2.41. The summed E-state index contributed by atoms with van der Waals surface area (Å²) in [5.74, 6) is 0.859. The second-order valence-corrected chi connectivity index (χ2v) is 7.00. The predicted octanol–water partition coefficient (Wildman–Crippen LogP) is 3.82. The summed E-state index contributed by atoms with van der Waals surface area (Å²) in [4.78, 5) is 11.5. The van der Waals surface area contributed by atoms with Gasteiger partial charge < -0.3 is 0 Å². The zero-order valence-corrected chi connectivity index (χ0v) is 12.5. The number of nitrogens with zero attached hydrogens (tertiary/aromatic N) is 3. The third kappa shape index (κ3) is 2.47. The number of aryl methyl sites for hydroxylation is 2. The van der Waals surface area contributed by atoms with Gasteiger partial charge in [0.1, 0.15) is 16.2 Å². The zero-order valence-electron chi connectivity index (χ0n) is 10.8. The summed E-state index contributed by atoms with van der Waals surface area (Å²) in [5.41, 5.74) is 1.47. The van der Waals surface area contributed by atoms with Crippen LogP contribution in [0.3, 0.4) is 0 Å². The van der Waals surface area contributed by atoms with E-state index in [0.717, 1.165) is 22.0 Å². The number of aromatic nitrogens is 2. The SMILES string of the molecule is C[C@@H](C#N)CSc1ncnc2sc3c(c12)CCCC3. The lowest BCUT2D eigenvalue weighted by molar-refractivity contribution is 0.699. The van der Waals surface area contributed by atoms with Gasteiger partial charge in [0.15, 0.2) is 0 Å². The fraction of sp³-hybridized carbons (Fsp3) is 0.500. The first-order valence-corrected chi connectivity index (χ1v) is 8.37. The maximum absolute atomic E-state index is 8.88. The normalized spacial score (nSPS) is 16.0. The summed E-state index contributed by atoms with van der Waals surface area (Å²) in [6, 6.07) is 2.28. The summed E-state index contributed by atoms with van der Waals surface area (Å²) in [6.45, 7) is 1.95. The van der Waals surface area contributed by atoms with E-state index in [4.69, 9.17) is 5.26 Å². The van der Waals surface area contributed by atoms with Crippen LogP contribution in [0.1, 0.15) is 30.2 Å². The standard InChI is InChI=1S/C14H15N3S2/c1-9(6-15)7-18-13-12-10-4-2-3-5-11(10)19-14(12)17-8-16-13/h8-9H,2-5,7H2,1H3/t9-/m0/s1. The Labute approximate surface area is 121 Å². The summed E-state index contributed by atoms with van der Waals surface area (Å²) in [5, 5.41) is 11.2. The van der Waals surface area contributed by atoms with E-state index < -0.39 is 0 Å². The Morgan fingerprint density at radius 3 is 3.11 bits per heavy atom. The number of thiophene rings is 1. The molecule has 1 atom stereocenters. The molecule has 0 fully saturated rings. The van der Waals surface area contributed by atoms with Gasteiger partial charge in [-0.2, -0.15) is 5.26 Å². The van der Waals surface area contributed by atoms with Crippen molar-refractivity contribution in [3.8, 4) is 6.07 Å². The molecular weight excluding hydrogens is 274 g/mol. The number of hydrogen-bond acceptors (Lipinski definition) is 5. The van der Waals surface area contributed by atoms with Crippen LogP contribution in [-0.4, -0.2) is 15.7 Å². The van der Waals surface area contributed by atoms with E-state index in [1.54, 1.807) is 18.1 Å². The monoisotopic (exact) mass is 289 g/mol. The molecule has 19 heavy (non-hydrogen) atoms. The maximum Gasteiger partial charge on any atom is 0.128 e. The highest BCUT2D eigenvalue weighted by Gasteiger charge is 2.20. The quantitative estimate of drug-likeness (QED) is 0.636. The Bertz CT molecular complexity index is 642. The van der Waals surface area contributed by atoms with Crippen molar-refractivity contribution in [3.63, 3.8) is 0 Å². The van der Waals surface area contributed by atoms with Gasteiger partial charge in [0.25, 0.3) is 0 Å². The molecule has 0 radical (unpaired) electrons. The van der Waals surface area contributed by atoms with Crippen molar-refractivity contribution in [2.24, 2.45) is 5.92 Å². The molecule has 3 rings (SSSR count). The van der Waals surface area contributed by atoms with Crippen LogP contribution in [0, 0.1) is 17.2 Å². The van der Waals surface area contributed by atoms with Gasteiger partial charge >= 0.3 is 0 Å². The molecule has 0 bridgehead atoms. The fourth-order valence-corrected chi connectivity index (χ4v) is 4.67. The van der Waals surface area contributed by atoms with E-state index >= 15 is 0 Å². The Morgan fingerprint density at radius 1 is 1.42 bits per heavy atom. The lowest BCUT2D eigenvalue weighted by atomic mass is 9.97. The van der Waals surface area contributed by atoms with Crippen LogP contribution < -0.4 is 0 Å². The minimum atomic E-state index is 0.0597. The van der Waals surface area contributed by atoms with E-state index in [1.807, 2.05) is 18.3 Å². The molecule has 0 saturated carbocycles. The highest BCUT2D eigenvalue weighted by atomic mass is 32.2. The number of fused-ring (bicyclic) bond motifs is 3. The molecule has 3 nitrogen and oxygen atoms in total. The Morgan fingerprint density at radius 2 is 2.26 bits per heavy atom. The third-order valence-electron chi connectivity index (χ3n) is 3.41. The number of thioether (sulfide) groups is 1. The molecule has 0 aromatic carbocycles. The van der Waals surface area contributed by atoms with Gasteiger partial charge in [0, 0.05) is 16.0 Å². The minimum Gasteiger partial charge on any atom is -0.229 e. The van der Waals surface area contributed by atoms with E-state index in [1.165, 1.54) is 35.1 Å². The van der Waals surface area contributed by atoms with Crippen molar-refractivity contribution < 1.29 is 0 Å². The summed E-state index contributed by atoms with van der Waals surface area (Å²) >= 11 is 3.52. The lowest BCUT2D eigenvalue weighted by Crippen LogP contribution is -2.00. The van der Waals surface area contributed by atoms with E-state index in [9.17, 15) is 0 Å². The molecule has 0 aliphatic heterocycles. The summed E-state index contributed by atoms with van der Waals surface area (Å²) < 4.78 is 0. The molecule has 1 aliphatic carbocycles. The molecule has 0 amide bonds. The van der Waals surface area contributed by atoms with Crippen molar-refractivity contribution >= 4 is 33.3 Å². The highest BCUT2D eigenvalue weighted by Crippen LogP contribution is 2.39. The van der Waals surface area contributed by atoms with Crippen molar-refractivity contribution in [2.45, 2.75) is 37.6 Å². The number of rotatable bonds is 3. The molecule has 2 aromatic heterocycles. The van der Waals surface area contributed by atoms with Gasteiger partial charge in [0.05, 0.1) is 12.0 Å². The van der Waals surface area contributed by atoms with Crippen molar-refractivity contribution in [3.05, 3.63) is 16.8 Å². The van der Waals surface area contributed by atoms with Gasteiger partial charge in [-0.1, -0.05) is 0 Å². The van der Waals surface area contributed by atoms with Gasteiger partial charge in [-0.15, -0.1) is 23.1 Å². The van der Waals surface area contributed by atoms with Crippen LogP contribution in [0.25, 0.3) is 10.2 Å². The first-order valence-electron chi connectivity index (χ1n) is 6.57. The summed E-state index contributed by atoms with van der Waals surface area (Å²) in [6.07, 6.45) is 6.57. The molecular formula is C14H15N3S2. The molecule has 2 aromatic rings. The zero-order chi connectivity index (χ0) is 13.2. The molecule has 0 N–H and O–H groups in total. The van der Waals surface area contributed by atoms with Crippen molar-refractivity contribution in [1.29, 1.82) is 5.26 Å². The number of nitriles is 1. The average molecular weight is 289 g/mol. The molecule has 0 saturated heterocycles. The van der Waals surface area contributed by atoms with Crippen molar-refractivity contribution in [2.75, 3.05) is 5.75 Å². The van der Waals surface area contributed by atoms with Crippen LogP contribution in [0.4, 0.5) is 0 Å². The lowest BCUT2D eigenvalue weighted by Gasteiger charge is -2.11. The second kappa shape index (κ2) is 5.48. The largest absolute Gasteiger partial charge is 0.229 e. The van der Waals surface area contributed by atoms with Gasteiger partial charge in [-0.05, 0) is 38.2 Å². The summed E-state index contributed by atoms with van der Waals surface area (Å²) in [7, 11) is 0. The van der Waals surface area contributed by atoms with E-state index in [-0.39, 0.29) is 5.92 Å². The van der Waals surface area contributed by atoms with E-state index in [2.05, 4.69) is 16.0 Å². The molecule has 98 valence electrons. The van der Waals surface area contributed by atoms with Crippen LogP contribution in [-0.2, 0) is 12.8 Å². The molecule has 5 heteroatoms. The molecule has 2 heterocycles. The van der Waals surface area contributed by atoms with Crippen LogP contribution in [0.5, 0.6) is 0 Å². The number of hydrogen-bond donors (Lipinski definition) is 0. The second-order valence-electron chi connectivity index (χ2n) is 4.91. The van der Waals surface area contributed by atoms with Gasteiger partial charge in [-0.25, -0.2) is 9.97 Å². The van der Waals surface area contributed by atoms with Crippen molar-refractivity contribution in [1.82, 2.24) is 9.97 Å².